The largest absolute Gasteiger partial charge is 0.416 e. The normalized spacial score (nSPS) is 11.6. The molecule has 0 aliphatic rings. The van der Waals surface area contributed by atoms with E-state index < -0.39 is 35.4 Å². The summed E-state index contributed by atoms with van der Waals surface area (Å²) in [5.41, 5.74) is -0.678. The number of thiophene rings is 1. The van der Waals surface area contributed by atoms with Crippen LogP contribution in [0.2, 0.25) is 0 Å². The molecular weight excluding hydrogens is 443 g/mol. The van der Waals surface area contributed by atoms with Crippen molar-refractivity contribution in [1.82, 2.24) is 9.13 Å². The van der Waals surface area contributed by atoms with Gasteiger partial charge in [0.2, 0.25) is 5.91 Å². The maximum absolute atomic E-state index is 13.2. The van der Waals surface area contributed by atoms with Gasteiger partial charge in [0, 0.05) is 5.69 Å². The number of amides is 1. The molecule has 6 nitrogen and oxygen atoms in total. The zero-order valence-corrected chi connectivity index (χ0v) is 17.5. The van der Waals surface area contributed by atoms with Gasteiger partial charge in [0.1, 0.15) is 11.2 Å². The fourth-order valence-electron chi connectivity index (χ4n) is 3.35. The number of carbonyl (C=O) groups excluding carboxylic acids is 1. The second kappa shape index (κ2) is 8.12. The number of hydrogen-bond acceptors (Lipinski definition) is 4. The molecule has 0 unspecified atom stereocenters. The smallest absolute Gasteiger partial charge is 0.325 e. The van der Waals surface area contributed by atoms with Gasteiger partial charge in [-0.1, -0.05) is 18.2 Å². The lowest BCUT2D eigenvalue weighted by atomic mass is 10.2. The molecule has 0 radical (unpaired) electrons. The van der Waals surface area contributed by atoms with Crippen LogP contribution >= 0.6 is 11.3 Å². The van der Waals surface area contributed by atoms with Crippen molar-refractivity contribution in [3.8, 4) is 5.69 Å². The van der Waals surface area contributed by atoms with Crippen LogP contribution in [0.3, 0.4) is 0 Å². The number of fused-ring (bicyclic) bond motifs is 1. The van der Waals surface area contributed by atoms with Gasteiger partial charge in [-0.05, 0) is 54.3 Å². The molecule has 4 rings (SSSR count). The van der Waals surface area contributed by atoms with Crippen molar-refractivity contribution in [2.75, 3.05) is 5.32 Å². The molecule has 164 valence electrons. The molecular formula is C22H16F3N3O3S. The lowest BCUT2D eigenvalue weighted by molar-refractivity contribution is -0.137. The van der Waals surface area contributed by atoms with Gasteiger partial charge in [-0.3, -0.25) is 14.2 Å². The van der Waals surface area contributed by atoms with Crippen LogP contribution in [-0.4, -0.2) is 15.0 Å². The Morgan fingerprint density at radius 3 is 2.53 bits per heavy atom. The number of hydrogen-bond donors (Lipinski definition) is 1. The summed E-state index contributed by atoms with van der Waals surface area (Å²) >= 11 is 1.14. The number of rotatable bonds is 4. The number of carbonyl (C=O) groups is 1. The van der Waals surface area contributed by atoms with Gasteiger partial charge in [0.25, 0.3) is 5.56 Å². The van der Waals surface area contributed by atoms with Crippen molar-refractivity contribution in [3.63, 3.8) is 0 Å². The van der Waals surface area contributed by atoms with Gasteiger partial charge in [0.15, 0.2) is 0 Å². The van der Waals surface area contributed by atoms with E-state index in [-0.39, 0.29) is 15.9 Å². The van der Waals surface area contributed by atoms with E-state index in [1.165, 1.54) is 12.1 Å². The number of aromatic nitrogens is 2. The minimum atomic E-state index is -4.55. The Kier molecular flexibility index (Phi) is 5.47. The maximum atomic E-state index is 13.2. The van der Waals surface area contributed by atoms with Gasteiger partial charge < -0.3 is 5.32 Å². The molecule has 10 heteroatoms. The van der Waals surface area contributed by atoms with E-state index in [9.17, 15) is 27.6 Å². The standard InChI is InChI=1S/C22H16F3N3O3S/c1-13-4-2-7-16(10-13)28-20(30)19-17(8-9-32-19)27(21(28)31)12-18(29)26-15-6-3-5-14(11-15)22(23,24)25/h2-11H,12H2,1H3,(H,26,29). The van der Waals surface area contributed by atoms with E-state index in [0.29, 0.717) is 5.69 Å². The number of nitrogens with one attached hydrogen (secondary N) is 1. The Morgan fingerprint density at radius 1 is 1.06 bits per heavy atom. The van der Waals surface area contributed by atoms with Gasteiger partial charge in [-0.15, -0.1) is 11.3 Å². The van der Waals surface area contributed by atoms with E-state index in [4.69, 9.17) is 0 Å². The summed E-state index contributed by atoms with van der Waals surface area (Å²) in [5.74, 6) is -0.701. The topological polar surface area (TPSA) is 73.1 Å². The second-order valence-electron chi connectivity index (χ2n) is 7.11. The zero-order valence-electron chi connectivity index (χ0n) is 16.6. The van der Waals surface area contributed by atoms with Crippen LogP contribution in [0.5, 0.6) is 0 Å². The first kappa shape index (κ1) is 21.6. The van der Waals surface area contributed by atoms with E-state index in [2.05, 4.69) is 5.32 Å². The molecule has 0 fully saturated rings. The van der Waals surface area contributed by atoms with E-state index in [0.717, 1.165) is 38.2 Å². The Morgan fingerprint density at radius 2 is 1.81 bits per heavy atom. The molecule has 2 aromatic heterocycles. The van der Waals surface area contributed by atoms with Gasteiger partial charge in [0.05, 0.1) is 16.8 Å². The van der Waals surface area contributed by atoms with E-state index in [1.807, 2.05) is 13.0 Å². The van der Waals surface area contributed by atoms with Gasteiger partial charge in [-0.2, -0.15) is 13.2 Å². The van der Waals surface area contributed by atoms with Crippen molar-refractivity contribution in [3.05, 3.63) is 91.9 Å². The summed E-state index contributed by atoms with van der Waals surface area (Å²) in [6, 6.07) is 12.6. The molecule has 0 aliphatic carbocycles. The number of halogens is 3. The van der Waals surface area contributed by atoms with Crippen LogP contribution in [0.15, 0.2) is 69.6 Å². The fraction of sp³-hybridized carbons (Fsp3) is 0.136. The monoisotopic (exact) mass is 459 g/mol. The quantitative estimate of drug-likeness (QED) is 0.498. The Hall–Kier alpha value is -3.66. The van der Waals surface area contributed by atoms with Crippen LogP contribution in [0, 0.1) is 6.92 Å². The highest BCUT2D eigenvalue weighted by Crippen LogP contribution is 2.30. The minimum absolute atomic E-state index is 0.0496. The summed E-state index contributed by atoms with van der Waals surface area (Å²) < 4.78 is 41.2. The third-order valence-corrected chi connectivity index (χ3v) is 5.68. The highest BCUT2D eigenvalue weighted by atomic mass is 32.1. The highest BCUT2D eigenvalue weighted by molar-refractivity contribution is 7.17. The maximum Gasteiger partial charge on any atom is 0.416 e. The number of anilines is 1. The number of nitrogens with zero attached hydrogens (tertiary/aromatic N) is 2. The molecule has 2 aromatic carbocycles. The zero-order chi connectivity index (χ0) is 23.0. The molecule has 0 spiro atoms. The average molecular weight is 459 g/mol. The molecule has 1 N–H and O–H groups in total. The van der Waals surface area contributed by atoms with Crippen molar-refractivity contribution >= 4 is 33.1 Å². The fourth-order valence-corrected chi connectivity index (χ4v) is 4.18. The second-order valence-corrected chi connectivity index (χ2v) is 8.03. The SMILES string of the molecule is Cc1cccc(-n2c(=O)c3sccc3n(CC(=O)Nc3cccc(C(F)(F)F)c3)c2=O)c1. The van der Waals surface area contributed by atoms with Crippen molar-refractivity contribution in [2.45, 2.75) is 19.6 Å². The van der Waals surface area contributed by atoms with Crippen LogP contribution in [0.1, 0.15) is 11.1 Å². The molecule has 32 heavy (non-hydrogen) atoms. The lowest BCUT2D eigenvalue weighted by Gasteiger charge is -2.13. The number of alkyl halides is 3. The Bertz CT molecular complexity index is 1450. The first-order valence-electron chi connectivity index (χ1n) is 9.42. The molecule has 0 saturated heterocycles. The van der Waals surface area contributed by atoms with Crippen molar-refractivity contribution in [2.24, 2.45) is 0 Å². The minimum Gasteiger partial charge on any atom is -0.325 e. The van der Waals surface area contributed by atoms with Gasteiger partial charge in [-0.25, -0.2) is 9.36 Å². The molecule has 2 heterocycles. The predicted octanol–water partition coefficient (Wildman–Crippen LogP) is 4.18. The number of aryl methyl sites for hydroxylation is 1. The predicted molar refractivity (Wildman–Crippen MR) is 116 cm³/mol. The molecule has 0 saturated carbocycles. The first-order chi connectivity index (χ1) is 15.1. The van der Waals surface area contributed by atoms with Crippen molar-refractivity contribution < 1.29 is 18.0 Å². The highest BCUT2D eigenvalue weighted by Gasteiger charge is 2.30. The van der Waals surface area contributed by atoms with Gasteiger partial charge >= 0.3 is 11.9 Å². The van der Waals surface area contributed by atoms with Crippen LogP contribution in [-0.2, 0) is 17.5 Å². The summed E-state index contributed by atoms with van der Waals surface area (Å²) in [4.78, 5) is 38.7. The summed E-state index contributed by atoms with van der Waals surface area (Å²) in [6.45, 7) is 1.34. The first-order valence-corrected chi connectivity index (χ1v) is 10.3. The van der Waals surface area contributed by atoms with Crippen LogP contribution in [0.4, 0.5) is 18.9 Å². The molecule has 4 aromatic rings. The third-order valence-electron chi connectivity index (χ3n) is 4.79. The summed E-state index contributed by atoms with van der Waals surface area (Å²) in [5, 5.41) is 4.02. The van der Waals surface area contributed by atoms with Crippen LogP contribution < -0.4 is 16.6 Å². The average Bonchev–Trinajstić information content (AvgIpc) is 3.21. The lowest BCUT2D eigenvalue weighted by Crippen LogP contribution is -2.40. The molecule has 0 atom stereocenters. The van der Waals surface area contributed by atoms with Crippen molar-refractivity contribution in [1.29, 1.82) is 0 Å². The molecule has 0 aliphatic heterocycles. The van der Waals surface area contributed by atoms with E-state index >= 15 is 0 Å². The molecule has 1 amide bonds. The summed E-state index contributed by atoms with van der Waals surface area (Å²) in [7, 11) is 0. The molecule has 0 bridgehead atoms. The van der Waals surface area contributed by atoms with E-state index in [1.54, 1.807) is 29.6 Å². The Balaban J connectivity index is 1.74. The number of benzene rings is 2. The summed E-state index contributed by atoms with van der Waals surface area (Å²) in [6.07, 6.45) is -4.55. The van der Waals surface area contributed by atoms with Crippen LogP contribution in [0.25, 0.3) is 15.9 Å². The third kappa shape index (κ3) is 4.09. The Labute approximate surface area is 183 Å².